The van der Waals surface area contributed by atoms with Gasteiger partial charge in [-0.15, -0.1) is 21.5 Å². The Bertz CT molecular complexity index is 594. The fourth-order valence-corrected chi connectivity index (χ4v) is 4.30. The van der Waals surface area contributed by atoms with Crippen LogP contribution in [0.5, 0.6) is 0 Å². The van der Waals surface area contributed by atoms with Gasteiger partial charge in [0.25, 0.3) is 0 Å². The van der Waals surface area contributed by atoms with Crippen molar-refractivity contribution < 1.29 is 4.79 Å². The number of carbonyl (C=O) groups excluding carboxylic acids is 1. The molecule has 21 heavy (non-hydrogen) atoms. The van der Waals surface area contributed by atoms with Crippen LogP contribution in [0.15, 0.2) is 21.9 Å². The van der Waals surface area contributed by atoms with Crippen LogP contribution in [0.4, 0.5) is 5.13 Å². The molecule has 1 aliphatic rings. The van der Waals surface area contributed by atoms with Gasteiger partial charge in [-0.1, -0.05) is 29.2 Å². The van der Waals surface area contributed by atoms with E-state index in [2.05, 4.69) is 20.8 Å². The predicted octanol–water partition coefficient (Wildman–Crippen LogP) is 2.97. The molecule has 0 bridgehead atoms. The molecule has 2 N–H and O–H groups in total. The first-order valence-electron chi connectivity index (χ1n) is 6.77. The number of anilines is 1. The average molecular weight is 340 g/mol. The third-order valence-corrected chi connectivity index (χ3v) is 5.89. The van der Waals surface area contributed by atoms with E-state index in [1.807, 2.05) is 24.4 Å². The molecule has 1 atom stereocenters. The molecule has 1 saturated carbocycles. The van der Waals surface area contributed by atoms with Gasteiger partial charge < -0.3 is 10.6 Å². The SMILES string of the molecule is C[C@@H](Sc1nnc(NC2CC2)s1)C(=O)NCc1cccs1. The normalized spacial score (nSPS) is 15.7. The monoisotopic (exact) mass is 340 g/mol. The van der Waals surface area contributed by atoms with Crippen molar-refractivity contribution in [3.63, 3.8) is 0 Å². The zero-order valence-electron chi connectivity index (χ0n) is 11.5. The molecule has 1 amide bonds. The van der Waals surface area contributed by atoms with E-state index in [-0.39, 0.29) is 11.2 Å². The Labute approximate surface area is 135 Å². The third-order valence-electron chi connectivity index (χ3n) is 2.98. The molecule has 5 nitrogen and oxygen atoms in total. The minimum absolute atomic E-state index is 0.0281. The highest BCUT2D eigenvalue weighted by Gasteiger charge is 2.23. The topological polar surface area (TPSA) is 66.9 Å². The highest BCUT2D eigenvalue weighted by Crippen LogP contribution is 2.32. The van der Waals surface area contributed by atoms with Gasteiger partial charge in [0.05, 0.1) is 11.8 Å². The van der Waals surface area contributed by atoms with Crippen molar-refractivity contribution in [1.82, 2.24) is 15.5 Å². The molecule has 2 aromatic heterocycles. The van der Waals surface area contributed by atoms with Crippen LogP contribution in [0.25, 0.3) is 0 Å². The fourth-order valence-electron chi connectivity index (χ4n) is 1.65. The molecule has 0 saturated heterocycles. The number of thiophene rings is 1. The number of aromatic nitrogens is 2. The molecular formula is C13H16N4OS3. The van der Waals surface area contributed by atoms with Crippen LogP contribution in [0.1, 0.15) is 24.6 Å². The molecule has 0 spiro atoms. The van der Waals surface area contributed by atoms with Gasteiger partial charge in [-0.3, -0.25) is 4.79 Å². The molecule has 0 radical (unpaired) electrons. The highest BCUT2D eigenvalue weighted by molar-refractivity contribution is 8.02. The molecular weight excluding hydrogens is 324 g/mol. The van der Waals surface area contributed by atoms with Crippen LogP contribution in [-0.2, 0) is 11.3 Å². The van der Waals surface area contributed by atoms with Gasteiger partial charge in [0.2, 0.25) is 11.0 Å². The van der Waals surface area contributed by atoms with Crippen molar-refractivity contribution in [2.75, 3.05) is 5.32 Å². The number of nitrogens with one attached hydrogen (secondary N) is 2. The number of thioether (sulfide) groups is 1. The van der Waals surface area contributed by atoms with Gasteiger partial charge >= 0.3 is 0 Å². The van der Waals surface area contributed by atoms with Crippen LogP contribution >= 0.6 is 34.4 Å². The molecule has 112 valence electrons. The molecule has 0 aliphatic heterocycles. The summed E-state index contributed by atoms with van der Waals surface area (Å²) < 4.78 is 0.830. The van der Waals surface area contributed by atoms with E-state index in [0.29, 0.717) is 12.6 Å². The van der Waals surface area contributed by atoms with Crippen molar-refractivity contribution in [3.8, 4) is 0 Å². The molecule has 2 aromatic rings. The second-order valence-electron chi connectivity index (χ2n) is 4.85. The standard InChI is InChI=1S/C13H16N4OS3/c1-8(11(18)14-7-10-3-2-6-19-10)20-13-17-16-12(21-13)15-9-4-5-9/h2-3,6,8-9H,4-5,7H2,1H3,(H,14,18)(H,15,16)/t8-/m1/s1. The predicted molar refractivity (Wildman–Crippen MR) is 88.0 cm³/mol. The highest BCUT2D eigenvalue weighted by atomic mass is 32.2. The first-order valence-corrected chi connectivity index (χ1v) is 9.35. The molecule has 2 heterocycles. The molecule has 1 fully saturated rings. The Morgan fingerprint density at radius 3 is 3.10 bits per heavy atom. The average Bonchev–Trinajstić information content (AvgIpc) is 2.96. The maximum Gasteiger partial charge on any atom is 0.233 e. The fraction of sp³-hybridized carbons (Fsp3) is 0.462. The zero-order chi connectivity index (χ0) is 14.7. The summed E-state index contributed by atoms with van der Waals surface area (Å²) in [5.74, 6) is 0.0281. The Morgan fingerprint density at radius 1 is 1.52 bits per heavy atom. The Morgan fingerprint density at radius 2 is 2.38 bits per heavy atom. The largest absolute Gasteiger partial charge is 0.357 e. The number of rotatable bonds is 7. The Balaban J connectivity index is 1.46. The van der Waals surface area contributed by atoms with Crippen LogP contribution < -0.4 is 10.6 Å². The maximum absolute atomic E-state index is 12.1. The van der Waals surface area contributed by atoms with Crippen molar-refractivity contribution in [2.45, 2.75) is 41.9 Å². The molecule has 0 unspecified atom stereocenters. The lowest BCUT2D eigenvalue weighted by molar-refractivity contribution is -0.120. The summed E-state index contributed by atoms with van der Waals surface area (Å²) >= 11 is 4.61. The summed E-state index contributed by atoms with van der Waals surface area (Å²) in [4.78, 5) is 13.2. The smallest absolute Gasteiger partial charge is 0.233 e. The van der Waals surface area contributed by atoms with Crippen molar-refractivity contribution >= 4 is 45.5 Å². The molecule has 8 heteroatoms. The van der Waals surface area contributed by atoms with Crippen LogP contribution in [0.2, 0.25) is 0 Å². The van der Waals surface area contributed by atoms with E-state index in [1.54, 1.807) is 11.3 Å². The van der Waals surface area contributed by atoms with Crippen molar-refractivity contribution in [2.24, 2.45) is 0 Å². The van der Waals surface area contributed by atoms with Gasteiger partial charge in [0.15, 0.2) is 4.34 Å². The maximum atomic E-state index is 12.1. The van der Waals surface area contributed by atoms with E-state index >= 15 is 0 Å². The first-order chi connectivity index (χ1) is 10.2. The van der Waals surface area contributed by atoms with Gasteiger partial charge in [-0.25, -0.2) is 0 Å². The lowest BCUT2D eigenvalue weighted by atomic mass is 10.4. The van der Waals surface area contributed by atoms with Gasteiger partial charge in [-0.2, -0.15) is 0 Å². The quantitative estimate of drug-likeness (QED) is 0.759. The second kappa shape index (κ2) is 6.76. The summed E-state index contributed by atoms with van der Waals surface area (Å²) in [6, 6.07) is 4.57. The molecule has 3 rings (SSSR count). The van der Waals surface area contributed by atoms with Crippen molar-refractivity contribution in [1.29, 1.82) is 0 Å². The van der Waals surface area contributed by atoms with Crippen LogP contribution in [0, 0.1) is 0 Å². The van der Waals surface area contributed by atoms with E-state index in [0.717, 1.165) is 14.3 Å². The number of carbonyl (C=O) groups is 1. The minimum atomic E-state index is -0.174. The molecule has 0 aromatic carbocycles. The van der Waals surface area contributed by atoms with Crippen LogP contribution in [-0.4, -0.2) is 27.4 Å². The Hall–Kier alpha value is -1.12. The van der Waals surface area contributed by atoms with Gasteiger partial charge in [0.1, 0.15) is 0 Å². The number of hydrogen-bond donors (Lipinski definition) is 2. The van der Waals surface area contributed by atoms with Gasteiger partial charge in [-0.05, 0) is 31.2 Å². The number of amides is 1. The zero-order valence-corrected chi connectivity index (χ0v) is 14.0. The second-order valence-corrected chi connectivity index (χ2v) is 8.45. The molecule has 1 aliphatic carbocycles. The summed E-state index contributed by atoms with van der Waals surface area (Å²) in [5.41, 5.74) is 0. The number of nitrogens with zero attached hydrogens (tertiary/aromatic N) is 2. The summed E-state index contributed by atoms with van der Waals surface area (Å²) in [5, 5.41) is 17.2. The first kappa shape index (κ1) is 14.8. The van der Waals surface area contributed by atoms with E-state index in [9.17, 15) is 4.79 Å². The van der Waals surface area contributed by atoms with E-state index < -0.39 is 0 Å². The van der Waals surface area contributed by atoms with Crippen molar-refractivity contribution in [3.05, 3.63) is 22.4 Å². The van der Waals surface area contributed by atoms with Crippen LogP contribution in [0.3, 0.4) is 0 Å². The Kier molecular flexibility index (Phi) is 4.77. The minimum Gasteiger partial charge on any atom is -0.357 e. The third kappa shape index (κ3) is 4.42. The van der Waals surface area contributed by atoms with Gasteiger partial charge in [0, 0.05) is 10.9 Å². The lowest BCUT2D eigenvalue weighted by Gasteiger charge is -2.09. The van der Waals surface area contributed by atoms with E-state index in [4.69, 9.17) is 0 Å². The summed E-state index contributed by atoms with van der Waals surface area (Å²) in [6.45, 7) is 2.48. The lowest BCUT2D eigenvalue weighted by Crippen LogP contribution is -2.30. The summed E-state index contributed by atoms with van der Waals surface area (Å²) in [7, 11) is 0. The van der Waals surface area contributed by atoms with E-state index in [1.165, 1.54) is 35.9 Å². The summed E-state index contributed by atoms with van der Waals surface area (Å²) in [6.07, 6.45) is 2.42. The number of hydrogen-bond acceptors (Lipinski definition) is 7.